The number of sulfone groups is 1. The Hall–Kier alpha value is -1.70. The van der Waals surface area contributed by atoms with E-state index in [0.29, 0.717) is 30.3 Å². The van der Waals surface area contributed by atoms with Gasteiger partial charge in [0.2, 0.25) is 15.9 Å². The van der Waals surface area contributed by atoms with E-state index < -0.39 is 25.1 Å². The van der Waals surface area contributed by atoms with E-state index >= 15 is 0 Å². The van der Waals surface area contributed by atoms with E-state index in [4.69, 9.17) is 0 Å². The zero-order valence-electron chi connectivity index (χ0n) is 17.9. The molecule has 0 saturated carbocycles. The monoisotopic (exact) mass is 489 g/mol. The summed E-state index contributed by atoms with van der Waals surface area (Å²) in [6.45, 7) is 5.98. The fourth-order valence-electron chi connectivity index (χ4n) is 3.55. The molecule has 2 atom stereocenters. The highest BCUT2D eigenvalue weighted by molar-refractivity contribution is 8.00. The molecule has 2 unspecified atom stereocenters. The first-order chi connectivity index (χ1) is 14.5. The molecular formula is C18H27N5O5S3. The van der Waals surface area contributed by atoms with Crippen molar-refractivity contribution >= 4 is 43.2 Å². The third-order valence-corrected chi connectivity index (χ3v) is 10.2. The number of carbonyl (C=O) groups is 1. The highest BCUT2D eigenvalue weighted by Gasteiger charge is 2.34. The third kappa shape index (κ3) is 4.89. The number of carbonyl (C=O) groups excluding carboxylic acids is 1. The van der Waals surface area contributed by atoms with Gasteiger partial charge in [-0.05, 0) is 25.5 Å². The zero-order valence-corrected chi connectivity index (χ0v) is 20.4. The number of thioether (sulfide) groups is 1. The molecule has 31 heavy (non-hydrogen) atoms. The van der Waals surface area contributed by atoms with Crippen molar-refractivity contribution in [1.29, 1.82) is 0 Å². The van der Waals surface area contributed by atoms with E-state index in [1.54, 1.807) is 38.3 Å². The lowest BCUT2D eigenvalue weighted by molar-refractivity contribution is -0.130. The topological polar surface area (TPSA) is 122 Å². The van der Waals surface area contributed by atoms with Crippen molar-refractivity contribution in [1.82, 2.24) is 23.8 Å². The highest BCUT2D eigenvalue weighted by Crippen LogP contribution is 2.27. The molecule has 2 aromatic heterocycles. The van der Waals surface area contributed by atoms with Gasteiger partial charge in [-0.2, -0.15) is 4.31 Å². The van der Waals surface area contributed by atoms with Crippen molar-refractivity contribution in [3.8, 4) is 0 Å². The van der Waals surface area contributed by atoms with Crippen LogP contribution in [0.3, 0.4) is 0 Å². The lowest BCUT2D eigenvalue weighted by atomic mass is 10.2. The maximum absolute atomic E-state index is 12.8. The number of fused-ring (bicyclic) bond motifs is 1. The zero-order chi connectivity index (χ0) is 23.0. The van der Waals surface area contributed by atoms with Crippen LogP contribution in [-0.4, -0.2) is 89.5 Å². The second kappa shape index (κ2) is 9.04. The Balaban J connectivity index is 1.82. The summed E-state index contributed by atoms with van der Waals surface area (Å²) in [4.78, 5) is 14.5. The molecule has 0 radical (unpaired) electrons. The number of nitrogens with zero attached hydrogens (tertiary/aromatic N) is 5. The molecule has 0 aliphatic carbocycles. The Bertz CT molecular complexity index is 1170. The van der Waals surface area contributed by atoms with E-state index in [1.165, 1.54) is 21.5 Å². The molecule has 1 aliphatic heterocycles. The average molecular weight is 490 g/mol. The van der Waals surface area contributed by atoms with Crippen LogP contribution in [0.15, 0.2) is 28.4 Å². The fraction of sp³-hybridized carbons (Fsp3) is 0.611. The van der Waals surface area contributed by atoms with Crippen LogP contribution in [0.1, 0.15) is 27.2 Å². The predicted molar refractivity (Wildman–Crippen MR) is 118 cm³/mol. The van der Waals surface area contributed by atoms with Gasteiger partial charge in [-0.1, -0.05) is 25.6 Å². The van der Waals surface area contributed by atoms with Crippen LogP contribution in [-0.2, 0) is 24.7 Å². The second-order valence-electron chi connectivity index (χ2n) is 7.43. The SMILES string of the molecule is CCN(CC)S(=O)(=O)c1ccc2nnc(SC(C)C(=O)N(C)C3CCS(=O)(=O)C3)n2c1. The van der Waals surface area contributed by atoms with Crippen molar-refractivity contribution in [2.45, 2.75) is 48.5 Å². The molecular weight excluding hydrogens is 462 g/mol. The van der Waals surface area contributed by atoms with Crippen molar-refractivity contribution in [3.05, 3.63) is 18.3 Å². The van der Waals surface area contributed by atoms with Crippen LogP contribution < -0.4 is 0 Å². The molecule has 0 bridgehead atoms. The highest BCUT2D eigenvalue weighted by atomic mass is 32.2. The van der Waals surface area contributed by atoms with Crippen molar-refractivity contribution in [2.24, 2.45) is 0 Å². The number of rotatable bonds is 8. The Morgan fingerprint density at radius 3 is 2.55 bits per heavy atom. The van der Waals surface area contributed by atoms with Gasteiger partial charge in [0, 0.05) is 32.4 Å². The molecule has 1 fully saturated rings. The molecule has 1 saturated heterocycles. The van der Waals surface area contributed by atoms with Gasteiger partial charge in [-0.25, -0.2) is 16.8 Å². The van der Waals surface area contributed by atoms with Crippen LogP contribution in [0.4, 0.5) is 0 Å². The summed E-state index contributed by atoms with van der Waals surface area (Å²) in [5.41, 5.74) is 0.468. The van der Waals surface area contributed by atoms with Crippen LogP contribution >= 0.6 is 11.8 Å². The van der Waals surface area contributed by atoms with E-state index in [1.807, 2.05) is 0 Å². The number of sulfonamides is 1. The molecule has 10 nitrogen and oxygen atoms in total. The first-order valence-electron chi connectivity index (χ1n) is 9.98. The third-order valence-electron chi connectivity index (χ3n) is 5.42. The average Bonchev–Trinajstić information content (AvgIpc) is 3.29. The van der Waals surface area contributed by atoms with Crippen LogP contribution in [0.2, 0.25) is 0 Å². The van der Waals surface area contributed by atoms with Gasteiger partial charge < -0.3 is 4.90 Å². The first-order valence-corrected chi connectivity index (χ1v) is 14.1. The maximum atomic E-state index is 12.8. The number of pyridine rings is 1. The van der Waals surface area contributed by atoms with Gasteiger partial charge in [0.05, 0.1) is 21.7 Å². The van der Waals surface area contributed by atoms with Crippen LogP contribution in [0, 0.1) is 0 Å². The van der Waals surface area contributed by atoms with Gasteiger partial charge in [0.1, 0.15) is 0 Å². The molecule has 1 amide bonds. The summed E-state index contributed by atoms with van der Waals surface area (Å²) in [7, 11) is -5.14. The van der Waals surface area contributed by atoms with Crippen LogP contribution in [0.5, 0.6) is 0 Å². The summed E-state index contributed by atoms with van der Waals surface area (Å²) in [5.74, 6) is -0.140. The van der Waals surface area contributed by atoms with Gasteiger partial charge in [-0.3, -0.25) is 9.20 Å². The predicted octanol–water partition coefficient (Wildman–Crippen LogP) is 0.886. The minimum Gasteiger partial charge on any atom is -0.341 e. The summed E-state index contributed by atoms with van der Waals surface area (Å²) >= 11 is 1.15. The van der Waals surface area contributed by atoms with Crippen molar-refractivity contribution in [3.63, 3.8) is 0 Å². The molecule has 3 heterocycles. The number of amides is 1. The van der Waals surface area contributed by atoms with Crippen LogP contribution in [0.25, 0.3) is 5.65 Å². The summed E-state index contributed by atoms with van der Waals surface area (Å²) in [6.07, 6.45) is 1.90. The summed E-state index contributed by atoms with van der Waals surface area (Å²) in [6, 6.07) is 2.74. The molecule has 0 spiro atoms. The van der Waals surface area contributed by atoms with E-state index in [0.717, 1.165) is 11.8 Å². The van der Waals surface area contributed by atoms with Gasteiger partial charge in [0.25, 0.3) is 0 Å². The van der Waals surface area contributed by atoms with Gasteiger partial charge in [0.15, 0.2) is 20.6 Å². The number of aromatic nitrogens is 3. The van der Waals surface area contributed by atoms with E-state index in [2.05, 4.69) is 10.2 Å². The van der Waals surface area contributed by atoms with E-state index in [-0.39, 0.29) is 28.4 Å². The maximum Gasteiger partial charge on any atom is 0.244 e. The lowest BCUT2D eigenvalue weighted by Crippen LogP contribution is -2.41. The molecule has 1 aliphatic rings. The van der Waals surface area contributed by atoms with Gasteiger partial charge >= 0.3 is 0 Å². The Labute approximate surface area is 187 Å². The largest absolute Gasteiger partial charge is 0.341 e. The van der Waals surface area contributed by atoms with Crippen molar-refractivity contribution < 1.29 is 21.6 Å². The second-order valence-corrected chi connectivity index (χ2v) is 12.9. The number of hydrogen-bond acceptors (Lipinski definition) is 8. The summed E-state index contributed by atoms with van der Waals surface area (Å²) in [5, 5.41) is 8.00. The molecule has 0 aromatic carbocycles. The quantitative estimate of drug-likeness (QED) is 0.501. The number of hydrogen-bond donors (Lipinski definition) is 0. The smallest absolute Gasteiger partial charge is 0.244 e. The Kier molecular flexibility index (Phi) is 6.99. The first kappa shape index (κ1) is 24.0. The summed E-state index contributed by atoms with van der Waals surface area (Å²) < 4.78 is 52.1. The molecule has 172 valence electrons. The van der Waals surface area contributed by atoms with Gasteiger partial charge in [-0.15, -0.1) is 10.2 Å². The molecule has 3 rings (SSSR count). The minimum absolute atomic E-state index is 0.0208. The normalized spacial score (nSPS) is 19.7. The van der Waals surface area contributed by atoms with Crippen molar-refractivity contribution in [2.75, 3.05) is 31.6 Å². The minimum atomic E-state index is -3.65. The lowest BCUT2D eigenvalue weighted by Gasteiger charge is -2.26. The molecule has 0 N–H and O–H groups in total. The Morgan fingerprint density at radius 2 is 1.97 bits per heavy atom. The molecule has 13 heteroatoms. The fourth-order valence-corrected chi connectivity index (χ4v) is 7.71. The standard InChI is InChI=1S/C18H27N5O5S3/c1-5-22(6-2)31(27,28)15-7-8-16-19-20-18(23(16)11-15)29-13(3)17(24)21(4)14-9-10-30(25,26)12-14/h7-8,11,13-14H,5-6,9-10,12H2,1-4H3. The van der Waals surface area contributed by atoms with E-state index in [9.17, 15) is 21.6 Å². The Morgan fingerprint density at radius 1 is 1.29 bits per heavy atom. The molecule has 2 aromatic rings.